The van der Waals surface area contributed by atoms with E-state index in [1.54, 1.807) is 10.5 Å². The number of thioether (sulfide) groups is 1. The van der Waals surface area contributed by atoms with Crippen LogP contribution in [0.5, 0.6) is 0 Å². The molecule has 3 aliphatic rings. The standard InChI is InChI=1S/C21H27NS/c1-2-5-17(6-3-1)18-9-13-22(14-10-18)15-11-19-7-4-8-21-20(19)12-16-23-21/h1-8,18-20H,9-16H2. The van der Waals surface area contributed by atoms with Gasteiger partial charge in [-0.15, -0.1) is 11.8 Å². The van der Waals surface area contributed by atoms with Gasteiger partial charge < -0.3 is 4.90 Å². The largest absolute Gasteiger partial charge is 0.303 e. The van der Waals surface area contributed by atoms with Gasteiger partial charge in [0.1, 0.15) is 0 Å². The Balaban J connectivity index is 1.26. The van der Waals surface area contributed by atoms with Gasteiger partial charge in [0.05, 0.1) is 0 Å². The Morgan fingerprint density at radius 3 is 2.70 bits per heavy atom. The van der Waals surface area contributed by atoms with Gasteiger partial charge in [0.25, 0.3) is 0 Å². The summed E-state index contributed by atoms with van der Waals surface area (Å²) < 4.78 is 0. The molecule has 2 fully saturated rings. The molecule has 0 radical (unpaired) electrons. The first-order valence-electron chi connectivity index (χ1n) is 9.18. The Bertz CT molecular complexity index is 569. The van der Waals surface area contributed by atoms with Gasteiger partial charge in [-0.2, -0.15) is 0 Å². The minimum Gasteiger partial charge on any atom is -0.303 e. The minimum atomic E-state index is 0.780. The molecule has 0 aromatic heterocycles. The first kappa shape index (κ1) is 15.5. The second kappa shape index (κ2) is 7.27. The van der Waals surface area contributed by atoms with Crippen molar-refractivity contribution >= 4 is 11.8 Å². The third-order valence-corrected chi connectivity index (χ3v) is 7.05. The molecule has 23 heavy (non-hydrogen) atoms. The second-order valence-electron chi connectivity index (χ2n) is 7.18. The van der Waals surface area contributed by atoms with E-state index >= 15 is 0 Å². The van der Waals surface area contributed by atoms with E-state index < -0.39 is 0 Å². The molecular formula is C21H27NS. The Kier molecular flexibility index (Phi) is 4.91. The molecule has 0 saturated carbocycles. The fourth-order valence-electron chi connectivity index (χ4n) is 4.42. The molecule has 0 N–H and O–H groups in total. The second-order valence-corrected chi connectivity index (χ2v) is 8.35. The molecule has 1 aromatic rings. The van der Waals surface area contributed by atoms with E-state index in [0.29, 0.717) is 0 Å². The molecule has 0 amide bonds. The van der Waals surface area contributed by atoms with Crippen molar-refractivity contribution in [2.45, 2.75) is 31.6 Å². The van der Waals surface area contributed by atoms with Crippen molar-refractivity contribution in [3.05, 3.63) is 59.0 Å². The first-order chi connectivity index (χ1) is 11.4. The number of hydrogen-bond donors (Lipinski definition) is 0. The molecule has 2 saturated heterocycles. The van der Waals surface area contributed by atoms with Crippen LogP contribution in [0.1, 0.15) is 37.2 Å². The Labute approximate surface area is 144 Å². The Morgan fingerprint density at radius 2 is 1.87 bits per heavy atom. The predicted molar refractivity (Wildman–Crippen MR) is 101 cm³/mol. The van der Waals surface area contributed by atoms with Crippen LogP contribution >= 0.6 is 11.8 Å². The van der Waals surface area contributed by atoms with Crippen LogP contribution in [0.25, 0.3) is 0 Å². The van der Waals surface area contributed by atoms with Gasteiger partial charge in [-0.1, -0.05) is 48.6 Å². The van der Waals surface area contributed by atoms with E-state index in [-0.39, 0.29) is 0 Å². The number of likely N-dealkylation sites (tertiary alicyclic amines) is 1. The molecule has 122 valence electrons. The summed E-state index contributed by atoms with van der Waals surface area (Å²) in [6.07, 6.45) is 12.5. The molecule has 4 rings (SSSR count). The topological polar surface area (TPSA) is 3.24 Å². The lowest BCUT2D eigenvalue weighted by Crippen LogP contribution is -2.35. The zero-order valence-corrected chi connectivity index (χ0v) is 14.7. The van der Waals surface area contributed by atoms with E-state index in [1.807, 2.05) is 0 Å². The number of rotatable bonds is 4. The van der Waals surface area contributed by atoms with E-state index in [9.17, 15) is 0 Å². The van der Waals surface area contributed by atoms with E-state index in [1.165, 1.54) is 51.1 Å². The summed E-state index contributed by atoms with van der Waals surface area (Å²) in [4.78, 5) is 4.35. The third kappa shape index (κ3) is 3.59. The van der Waals surface area contributed by atoms with Crippen molar-refractivity contribution in [3.8, 4) is 0 Å². The van der Waals surface area contributed by atoms with Gasteiger partial charge in [0.15, 0.2) is 0 Å². The molecule has 0 bridgehead atoms. The van der Waals surface area contributed by atoms with Gasteiger partial charge in [-0.25, -0.2) is 0 Å². The molecular weight excluding hydrogens is 298 g/mol. The number of piperidine rings is 1. The zero-order valence-electron chi connectivity index (χ0n) is 13.9. The maximum atomic E-state index is 2.70. The van der Waals surface area contributed by atoms with E-state index in [2.05, 4.69) is 65.2 Å². The molecule has 1 nitrogen and oxygen atoms in total. The van der Waals surface area contributed by atoms with Crippen LogP contribution in [-0.2, 0) is 0 Å². The number of fused-ring (bicyclic) bond motifs is 1. The summed E-state index contributed by atoms with van der Waals surface area (Å²) >= 11 is 2.09. The normalized spacial score (nSPS) is 28.6. The van der Waals surface area contributed by atoms with Crippen molar-refractivity contribution in [1.82, 2.24) is 4.90 Å². The molecule has 1 aliphatic carbocycles. The lowest BCUT2D eigenvalue weighted by molar-refractivity contribution is 0.197. The average molecular weight is 326 g/mol. The number of benzene rings is 1. The van der Waals surface area contributed by atoms with Crippen molar-refractivity contribution in [1.29, 1.82) is 0 Å². The van der Waals surface area contributed by atoms with Crippen LogP contribution in [0.3, 0.4) is 0 Å². The van der Waals surface area contributed by atoms with E-state index in [4.69, 9.17) is 0 Å². The van der Waals surface area contributed by atoms with Crippen LogP contribution in [0.4, 0.5) is 0 Å². The minimum absolute atomic E-state index is 0.780. The summed E-state index contributed by atoms with van der Waals surface area (Å²) in [6, 6.07) is 11.1. The average Bonchev–Trinajstić information content (AvgIpc) is 3.10. The molecule has 2 aliphatic heterocycles. The predicted octanol–water partition coefficient (Wildman–Crippen LogP) is 5.08. The van der Waals surface area contributed by atoms with Crippen LogP contribution in [-0.4, -0.2) is 30.3 Å². The number of nitrogens with zero attached hydrogens (tertiary/aromatic N) is 1. The maximum absolute atomic E-state index is 2.70. The van der Waals surface area contributed by atoms with Crippen molar-refractivity contribution in [3.63, 3.8) is 0 Å². The highest BCUT2D eigenvalue weighted by molar-refractivity contribution is 8.03. The van der Waals surface area contributed by atoms with Crippen LogP contribution in [0, 0.1) is 11.8 Å². The lowest BCUT2D eigenvalue weighted by atomic mass is 9.83. The maximum Gasteiger partial charge on any atom is -0.00129 e. The van der Waals surface area contributed by atoms with Gasteiger partial charge in [-0.3, -0.25) is 0 Å². The molecule has 0 spiro atoms. The van der Waals surface area contributed by atoms with Gasteiger partial charge in [-0.05, 0) is 79.3 Å². The number of allylic oxidation sites excluding steroid dienone is 4. The Hall–Kier alpha value is -0.990. The fraction of sp³-hybridized carbons (Fsp3) is 0.524. The quantitative estimate of drug-likeness (QED) is 0.759. The molecule has 2 atom stereocenters. The van der Waals surface area contributed by atoms with Crippen molar-refractivity contribution in [2.75, 3.05) is 25.4 Å². The molecule has 2 heterocycles. The highest BCUT2D eigenvalue weighted by Gasteiger charge is 2.30. The third-order valence-electron chi connectivity index (χ3n) is 5.84. The van der Waals surface area contributed by atoms with Crippen molar-refractivity contribution < 1.29 is 0 Å². The monoisotopic (exact) mass is 325 g/mol. The SMILES string of the molecule is C1=CC(CCN2CCC(c3ccccc3)CC2)C2CCSC2=C1. The number of hydrogen-bond acceptors (Lipinski definition) is 2. The van der Waals surface area contributed by atoms with Gasteiger partial charge >= 0.3 is 0 Å². The highest BCUT2D eigenvalue weighted by atomic mass is 32.2. The Morgan fingerprint density at radius 1 is 1.04 bits per heavy atom. The van der Waals surface area contributed by atoms with Gasteiger partial charge in [0, 0.05) is 0 Å². The van der Waals surface area contributed by atoms with E-state index in [0.717, 1.165) is 17.8 Å². The van der Waals surface area contributed by atoms with Crippen molar-refractivity contribution in [2.24, 2.45) is 11.8 Å². The van der Waals surface area contributed by atoms with Crippen LogP contribution < -0.4 is 0 Å². The molecule has 2 unspecified atom stereocenters. The van der Waals surface area contributed by atoms with Gasteiger partial charge in [0.2, 0.25) is 0 Å². The summed E-state index contributed by atoms with van der Waals surface area (Å²) in [7, 11) is 0. The van der Waals surface area contributed by atoms with Crippen LogP contribution in [0.15, 0.2) is 53.5 Å². The fourth-order valence-corrected chi connectivity index (χ4v) is 5.71. The summed E-state index contributed by atoms with van der Waals surface area (Å²) in [5, 5.41) is 0. The smallest absolute Gasteiger partial charge is 0.00129 e. The lowest BCUT2D eigenvalue weighted by Gasteiger charge is -2.34. The summed E-state index contributed by atoms with van der Waals surface area (Å²) in [6.45, 7) is 3.83. The molecule has 1 aromatic carbocycles. The highest BCUT2D eigenvalue weighted by Crippen LogP contribution is 2.44. The molecule has 2 heteroatoms. The first-order valence-corrected chi connectivity index (χ1v) is 10.2. The van der Waals surface area contributed by atoms with Crippen LogP contribution in [0.2, 0.25) is 0 Å². The summed E-state index contributed by atoms with van der Waals surface area (Å²) in [5.41, 5.74) is 1.54. The zero-order chi connectivity index (χ0) is 15.5. The summed E-state index contributed by atoms with van der Waals surface area (Å²) in [5.74, 6) is 3.74.